The van der Waals surface area contributed by atoms with E-state index in [1.54, 1.807) is 11.8 Å². The zero-order chi connectivity index (χ0) is 24.4. The van der Waals surface area contributed by atoms with Crippen LogP contribution in [0, 0.1) is 36.5 Å². The number of imide groups is 1. The predicted octanol–water partition coefficient (Wildman–Crippen LogP) is 3.86. The third-order valence-electron chi connectivity index (χ3n) is 8.52. The van der Waals surface area contributed by atoms with Crippen LogP contribution >= 0.6 is 23.1 Å². The van der Waals surface area contributed by atoms with Crippen molar-refractivity contribution in [3.05, 3.63) is 49.9 Å². The lowest BCUT2D eigenvalue weighted by molar-refractivity contribution is -0.141. The van der Waals surface area contributed by atoms with Gasteiger partial charge in [-0.1, -0.05) is 47.6 Å². The lowest BCUT2D eigenvalue weighted by Crippen LogP contribution is -2.42. The largest absolute Gasteiger partial charge is 0.481 e. The molecule has 3 fully saturated rings. The number of thiazole rings is 1. The van der Waals surface area contributed by atoms with Crippen molar-refractivity contribution < 1.29 is 19.5 Å². The van der Waals surface area contributed by atoms with Gasteiger partial charge >= 0.3 is 10.8 Å². The topological polar surface area (TPSA) is 108 Å². The van der Waals surface area contributed by atoms with Crippen LogP contribution in [-0.4, -0.2) is 44.6 Å². The molecule has 0 unspecified atom stereocenters. The van der Waals surface area contributed by atoms with Crippen molar-refractivity contribution in [2.24, 2.45) is 29.6 Å². The number of amides is 2. The van der Waals surface area contributed by atoms with Gasteiger partial charge in [0.15, 0.2) is 0 Å². The van der Waals surface area contributed by atoms with Crippen molar-refractivity contribution in [1.29, 1.82) is 0 Å². The van der Waals surface area contributed by atoms with Gasteiger partial charge in [-0.3, -0.25) is 24.1 Å². The highest BCUT2D eigenvalue weighted by Gasteiger charge is 2.69. The highest BCUT2D eigenvalue weighted by atomic mass is 32.2. The quantitative estimate of drug-likeness (QED) is 0.431. The smallest absolute Gasteiger partial charge is 0.305 e. The fraction of sp³-hybridized carbons (Fsp3) is 0.538. The fourth-order valence-electron chi connectivity index (χ4n) is 7.17. The fourth-order valence-corrected chi connectivity index (χ4v) is 10.1. The maximum Gasteiger partial charge on any atom is 0.305 e. The van der Waals surface area contributed by atoms with E-state index in [4.69, 9.17) is 5.11 Å². The summed E-state index contributed by atoms with van der Waals surface area (Å²) in [6.07, 6.45) is 2.90. The molecule has 9 heteroatoms. The van der Waals surface area contributed by atoms with Crippen LogP contribution in [0.15, 0.2) is 34.1 Å². The van der Waals surface area contributed by atoms with Crippen LogP contribution in [0.1, 0.15) is 54.0 Å². The molecule has 7 atom stereocenters. The van der Waals surface area contributed by atoms with Gasteiger partial charge in [-0.15, -0.1) is 11.8 Å². The van der Waals surface area contributed by atoms with Crippen LogP contribution in [0.4, 0.5) is 0 Å². The number of benzene rings is 1. The minimum absolute atomic E-state index is 0.0371. The first-order valence-corrected chi connectivity index (χ1v) is 14.1. The van der Waals surface area contributed by atoms with E-state index >= 15 is 0 Å². The van der Waals surface area contributed by atoms with Crippen molar-refractivity contribution in [1.82, 2.24) is 9.88 Å². The summed E-state index contributed by atoms with van der Waals surface area (Å²) in [5, 5.41) is 9.97. The summed E-state index contributed by atoms with van der Waals surface area (Å²) < 4.78 is 0. The van der Waals surface area contributed by atoms with E-state index in [1.807, 2.05) is 0 Å². The third kappa shape index (κ3) is 3.61. The Morgan fingerprint density at radius 1 is 1.06 bits per heavy atom. The minimum Gasteiger partial charge on any atom is -0.481 e. The number of thioether (sulfide) groups is 1. The van der Waals surface area contributed by atoms with E-state index in [-0.39, 0.29) is 63.9 Å². The van der Waals surface area contributed by atoms with Gasteiger partial charge in [-0.2, -0.15) is 0 Å². The number of H-pyrrole nitrogens is 1. The molecule has 7 nitrogen and oxygen atoms in total. The number of fused-ring (bicyclic) bond motifs is 9. The molecular weight excluding hydrogens is 484 g/mol. The second-order valence-corrected chi connectivity index (χ2v) is 12.6. The number of hydrogen-bond acceptors (Lipinski definition) is 6. The van der Waals surface area contributed by atoms with Crippen molar-refractivity contribution >= 4 is 40.9 Å². The Balaban J connectivity index is 1.28. The van der Waals surface area contributed by atoms with Crippen LogP contribution in [0.5, 0.6) is 0 Å². The average Bonchev–Trinajstić information content (AvgIpc) is 3.54. The van der Waals surface area contributed by atoms with E-state index < -0.39 is 5.97 Å². The molecule has 1 aromatic carbocycles. The number of carbonyl (C=O) groups is 3. The Morgan fingerprint density at radius 2 is 1.77 bits per heavy atom. The number of likely N-dealkylation sites (tertiary alicyclic amines) is 1. The van der Waals surface area contributed by atoms with E-state index in [0.717, 1.165) is 16.3 Å². The summed E-state index contributed by atoms with van der Waals surface area (Å²) in [6.45, 7) is 2.44. The van der Waals surface area contributed by atoms with Gasteiger partial charge in [0.25, 0.3) is 0 Å². The number of rotatable bonds is 7. The van der Waals surface area contributed by atoms with Gasteiger partial charge in [0, 0.05) is 29.0 Å². The summed E-state index contributed by atoms with van der Waals surface area (Å²) in [5.74, 6) is -0.867. The second kappa shape index (κ2) is 8.62. The number of carboxylic acids is 1. The lowest BCUT2D eigenvalue weighted by atomic mass is 9.68. The van der Waals surface area contributed by atoms with Crippen molar-refractivity contribution in [2.45, 2.75) is 55.2 Å². The Kier molecular flexibility index (Phi) is 5.67. The number of nitrogens with zero attached hydrogens (tertiary/aromatic N) is 1. The minimum atomic E-state index is -0.817. The van der Waals surface area contributed by atoms with E-state index in [9.17, 15) is 19.2 Å². The van der Waals surface area contributed by atoms with Crippen LogP contribution in [0.2, 0.25) is 0 Å². The first kappa shape index (κ1) is 23.0. The van der Waals surface area contributed by atoms with Crippen molar-refractivity contribution in [2.75, 3.05) is 6.54 Å². The predicted molar refractivity (Wildman–Crippen MR) is 132 cm³/mol. The molecule has 0 radical (unpaired) electrons. The number of aromatic amines is 1. The summed E-state index contributed by atoms with van der Waals surface area (Å²) in [4.78, 5) is 55.5. The number of hydrogen-bond donors (Lipinski definition) is 2. The molecular formula is C26H28N2O5S2. The SMILES string of the molecule is Cc1ccc([C@@H]2c3sc(=O)[nH]c3S[C@H]3[C@@H]4C[C@H]([C@H]5C(=O)N(CCCCCC(=O)O)C(=O)[C@H]45)[C@H]23)cc1. The number of aliphatic carboxylic acids is 1. The molecule has 184 valence electrons. The van der Waals surface area contributed by atoms with Gasteiger partial charge in [-0.25, -0.2) is 0 Å². The number of aromatic nitrogens is 1. The third-order valence-corrected chi connectivity index (χ3v) is 11.1. The number of aryl methyl sites for hydroxylation is 1. The summed E-state index contributed by atoms with van der Waals surface area (Å²) in [5.41, 5.74) is 2.36. The number of nitrogens with one attached hydrogen (secondary N) is 1. The molecule has 2 aliphatic carbocycles. The normalized spacial score (nSPS) is 32.6. The maximum atomic E-state index is 13.5. The number of unbranched alkanes of at least 4 members (excludes halogenated alkanes) is 2. The van der Waals surface area contributed by atoms with Gasteiger partial charge in [0.1, 0.15) is 0 Å². The van der Waals surface area contributed by atoms with Crippen LogP contribution in [0.25, 0.3) is 0 Å². The molecule has 3 heterocycles. The maximum absolute atomic E-state index is 13.5. The van der Waals surface area contributed by atoms with E-state index in [0.29, 0.717) is 25.8 Å². The summed E-state index contributed by atoms with van der Waals surface area (Å²) in [6, 6.07) is 8.51. The first-order valence-electron chi connectivity index (χ1n) is 12.4. The molecule has 35 heavy (non-hydrogen) atoms. The second-order valence-electron chi connectivity index (χ2n) is 10.4. The van der Waals surface area contributed by atoms with E-state index in [2.05, 4.69) is 36.2 Å². The molecule has 6 rings (SSSR count). The van der Waals surface area contributed by atoms with Crippen LogP contribution < -0.4 is 4.87 Å². The number of carboxylic acid groups (broad SMARTS) is 1. The Hall–Kier alpha value is -2.39. The summed E-state index contributed by atoms with van der Waals surface area (Å²) in [7, 11) is 0. The zero-order valence-corrected chi connectivity index (χ0v) is 21.1. The van der Waals surface area contributed by atoms with Gasteiger partial charge in [-0.05, 0) is 49.5 Å². The van der Waals surface area contributed by atoms with Crippen LogP contribution in [0.3, 0.4) is 0 Å². The molecule has 2 saturated carbocycles. The standard InChI is InChI=1S/C26H28N2O5S2/c1-12-6-8-13(9-7-12)17-18-14-11-15(21(18)34-23-22(17)35-26(33)27-23)20-19(14)24(31)28(25(20)32)10-4-2-3-5-16(29)30/h6-9,14-15,17-21H,2-5,10-11H2,1H3,(H,27,33)(H,29,30)/t14-,15+,17-,18+,19+,20+,21-/m0/s1. The first-order chi connectivity index (χ1) is 16.8. The lowest BCUT2D eigenvalue weighted by Gasteiger charge is -2.43. The Morgan fingerprint density at radius 3 is 2.49 bits per heavy atom. The monoisotopic (exact) mass is 512 g/mol. The molecule has 4 aliphatic rings. The average molecular weight is 513 g/mol. The van der Waals surface area contributed by atoms with Crippen LogP contribution in [-0.2, 0) is 14.4 Å². The molecule has 2 amide bonds. The summed E-state index contributed by atoms with van der Waals surface area (Å²) >= 11 is 2.99. The Labute approximate surface area is 211 Å². The molecule has 1 aromatic heterocycles. The zero-order valence-electron chi connectivity index (χ0n) is 19.4. The highest BCUT2D eigenvalue weighted by molar-refractivity contribution is 8.00. The molecule has 2 aliphatic heterocycles. The molecule has 2 N–H and O–H groups in total. The van der Waals surface area contributed by atoms with Gasteiger partial charge in [0.05, 0.1) is 16.9 Å². The number of carbonyl (C=O) groups excluding carboxylic acids is 2. The van der Waals surface area contributed by atoms with E-state index in [1.165, 1.54) is 27.4 Å². The van der Waals surface area contributed by atoms with Gasteiger partial charge < -0.3 is 10.1 Å². The van der Waals surface area contributed by atoms with Gasteiger partial charge in [0.2, 0.25) is 11.8 Å². The molecule has 1 saturated heterocycles. The molecule has 2 aromatic rings. The Bertz CT molecular complexity index is 1250. The molecule has 0 spiro atoms. The van der Waals surface area contributed by atoms with Crippen molar-refractivity contribution in [3.8, 4) is 0 Å². The molecule has 2 bridgehead atoms. The van der Waals surface area contributed by atoms with Crippen molar-refractivity contribution in [3.63, 3.8) is 0 Å². The highest BCUT2D eigenvalue weighted by Crippen LogP contribution is 2.68.